The monoisotopic (exact) mass is 167 g/mol. The number of rotatable bonds is 1. The molecule has 0 aliphatic heterocycles. The van der Waals surface area contributed by atoms with Gasteiger partial charge in [0.2, 0.25) is 0 Å². The molecular formula is C7H9N3O2. The first kappa shape index (κ1) is 7.15. The third kappa shape index (κ3) is 1.03. The number of H-pyrrole nitrogens is 1. The predicted octanol–water partition coefficient (Wildman–Crippen LogP) is -0.546. The van der Waals surface area contributed by atoms with Gasteiger partial charge in [0.05, 0.1) is 0 Å². The van der Waals surface area contributed by atoms with Gasteiger partial charge in [-0.15, -0.1) is 0 Å². The first-order valence-corrected chi connectivity index (χ1v) is 3.79. The SMILES string of the molecule is Nc1cn(C2CC2)c(=O)[nH]c1=O. The molecule has 0 aromatic carbocycles. The number of nitrogens with two attached hydrogens (primary N) is 1. The van der Waals surface area contributed by atoms with Crippen LogP contribution in [0.4, 0.5) is 5.69 Å². The maximum atomic E-state index is 11.1. The number of aromatic nitrogens is 2. The van der Waals surface area contributed by atoms with Gasteiger partial charge < -0.3 is 5.73 Å². The van der Waals surface area contributed by atoms with Gasteiger partial charge in [-0.25, -0.2) is 4.79 Å². The Kier molecular flexibility index (Phi) is 1.33. The minimum absolute atomic E-state index is 0.0986. The molecule has 0 spiro atoms. The highest BCUT2D eigenvalue weighted by molar-refractivity contribution is 5.30. The molecule has 1 fully saturated rings. The van der Waals surface area contributed by atoms with Crippen molar-refractivity contribution in [2.24, 2.45) is 0 Å². The van der Waals surface area contributed by atoms with E-state index in [-0.39, 0.29) is 17.4 Å². The maximum absolute atomic E-state index is 11.1. The Labute approximate surface area is 67.8 Å². The van der Waals surface area contributed by atoms with Crippen molar-refractivity contribution < 1.29 is 0 Å². The van der Waals surface area contributed by atoms with Crippen molar-refractivity contribution in [1.82, 2.24) is 9.55 Å². The average Bonchev–Trinajstić information content (AvgIpc) is 2.79. The summed E-state index contributed by atoms with van der Waals surface area (Å²) < 4.78 is 1.48. The van der Waals surface area contributed by atoms with Gasteiger partial charge in [-0.1, -0.05) is 0 Å². The van der Waals surface area contributed by atoms with Crippen LogP contribution in [-0.4, -0.2) is 9.55 Å². The zero-order chi connectivity index (χ0) is 8.72. The van der Waals surface area contributed by atoms with Gasteiger partial charge in [0.15, 0.2) is 0 Å². The number of aromatic amines is 1. The Bertz CT molecular complexity index is 413. The second-order valence-corrected chi connectivity index (χ2v) is 2.98. The van der Waals surface area contributed by atoms with E-state index in [4.69, 9.17) is 5.73 Å². The first-order chi connectivity index (χ1) is 5.68. The highest BCUT2D eigenvalue weighted by Gasteiger charge is 2.24. The number of nitrogens with zero attached hydrogens (tertiary/aromatic N) is 1. The summed E-state index contributed by atoms with van der Waals surface area (Å²) in [7, 11) is 0. The Morgan fingerprint density at radius 2 is 2.17 bits per heavy atom. The number of anilines is 1. The summed E-state index contributed by atoms with van der Waals surface area (Å²) in [5.74, 6) is 0. The van der Waals surface area contributed by atoms with Crippen LogP contribution < -0.4 is 17.0 Å². The lowest BCUT2D eigenvalue weighted by Crippen LogP contribution is -2.30. The number of nitrogens with one attached hydrogen (secondary N) is 1. The van der Waals surface area contributed by atoms with E-state index in [1.54, 1.807) is 0 Å². The molecule has 1 aliphatic carbocycles. The van der Waals surface area contributed by atoms with Gasteiger partial charge in [0.1, 0.15) is 5.69 Å². The molecule has 1 saturated carbocycles. The van der Waals surface area contributed by atoms with Crippen molar-refractivity contribution in [3.8, 4) is 0 Å². The zero-order valence-electron chi connectivity index (χ0n) is 6.41. The highest BCUT2D eigenvalue weighted by atomic mass is 16.2. The van der Waals surface area contributed by atoms with Crippen LogP contribution in [0.15, 0.2) is 15.8 Å². The minimum atomic E-state index is -0.503. The van der Waals surface area contributed by atoms with Gasteiger partial charge in [-0.05, 0) is 12.8 Å². The summed E-state index contributed by atoms with van der Waals surface area (Å²) in [5, 5.41) is 0. The topological polar surface area (TPSA) is 80.9 Å². The number of nitrogen functional groups attached to an aromatic ring is 1. The zero-order valence-corrected chi connectivity index (χ0v) is 6.41. The van der Waals surface area contributed by atoms with E-state index in [0.717, 1.165) is 12.8 Å². The molecule has 3 N–H and O–H groups in total. The van der Waals surface area contributed by atoms with Crippen molar-refractivity contribution >= 4 is 5.69 Å². The Morgan fingerprint density at radius 3 is 2.75 bits per heavy atom. The van der Waals surface area contributed by atoms with Gasteiger partial charge in [-0.2, -0.15) is 0 Å². The summed E-state index contributed by atoms with van der Waals surface area (Å²) in [6, 6.07) is 0.247. The molecule has 1 heterocycles. The quantitative estimate of drug-likeness (QED) is 0.589. The third-order valence-electron chi connectivity index (χ3n) is 1.94. The summed E-state index contributed by atoms with van der Waals surface area (Å²) in [6.07, 6.45) is 3.40. The molecule has 0 bridgehead atoms. The molecule has 0 amide bonds. The Hall–Kier alpha value is -1.52. The first-order valence-electron chi connectivity index (χ1n) is 3.79. The van der Waals surface area contributed by atoms with E-state index < -0.39 is 5.56 Å². The van der Waals surface area contributed by atoms with Crippen LogP contribution in [-0.2, 0) is 0 Å². The fourth-order valence-electron chi connectivity index (χ4n) is 1.12. The summed E-state index contributed by atoms with van der Waals surface area (Å²) >= 11 is 0. The fraction of sp³-hybridized carbons (Fsp3) is 0.429. The molecule has 1 aromatic heterocycles. The molecule has 1 aliphatic rings. The van der Waals surface area contributed by atoms with Crippen molar-refractivity contribution in [2.45, 2.75) is 18.9 Å². The van der Waals surface area contributed by atoms with E-state index in [9.17, 15) is 9.59 Å². The standard InChI is InChI=1S/C7H9N3O2/c8-5-3-10(4-1-2-4)7(12)9-6(5)11/h3-4H,1-2,8H2,(H,9,11,12). The smallest absolute Gasteiger partial charge is 0.328 e. The van der Waals surface area contributed by atoms with Crippen molar-refractivity contribution in [2.75, 3.05) is 5.73 Å². The molecule has 5 nitrogen and oxygen atoms in total. The van der Waals surface area contributed by atoms with E-state index in [1.807, 2.05) is 0 Å². The lowest BCUT2D eigenvalue weighted by molar-refractivity contribution is 0.678. The van der Waals surface area contributed by atoms with Crippen molar-refractivity contribution in [3.05, 3.63) is 27.0 Å². The minimum Gasteiger partial charge on any atom is -0.393 e. The van der Waals surface area contributed by atoms with Crippen LogP contribution >= 0.6 is 0 Å². The molecule has 64 valence electrons. The molecular weight excluding hydrogens is 158 g/mol. The molecule has 5 heteroatoms. The van der Waals surface area contributed by atoms with E-state index >= 15 is 0 Å². The highest BCUT2D eigenvalue weighted by Crippen LogP contribution is 2.33. The molecule has 2 rings (SSSR count). The van der Waals surface area contributed by atoms with Gasteiger partial charge in [0, 0.05) is 12.2 Å². The molecule has 1 aromatic rings. The van der Waals surface area contributed by atoms with Gasteiger partial charge in [-0.3, -0.25) is 14.3 Å². The lowest BCUT2D eigenvalue weighted by Gasteiger charge is -2.01. The van der Waals surface area contributed by atoms with Gasteiger partial charge in [0.25, 0.3) is 5.56 Å². The molecule has 0 saturated heterocycles. The molecule has 0 unspecified atom stereocenters. The average molecular weight is 167 g/mol. The van der Waals surface area contributed by atoms with Crippen LogP contribution in [0.1, 0.15) is 18.9 Å². The Balaban J connectivity index is 2.62. The van der Waals surface area contributed by atoms with E-state index in [1.165, 1.54) is 10.8 Å². The predicted molar refractivity (Wildman–Crippen MR) is 44.0 cm³/mol. The normalized spacial score (nSPS) is 16.3. The van der Waals surface area contributed by atoms with Crippen LogP contribution in [0.2, 0.25) is 0 Å². The second-order valence-electron chi connectivity index (χ2n) is 2.98. The van der Waals surface area contributed by atoms with Crippen LogP contribution in [0.5, 0.6) is 0 Å². The van der Waals surface area contributed by atoms with Gasteiger partial charge >= 0.3 is 5.69 Å². The van der Waals surface area contributed by atoms with E-state index in [2.05, 4.69) is 4.98 Å². The number of hydrogen-bond donors (Lipinski definition) is 2. The fourth-order valence-corrected chi connectivity index (χ4v) is 1.12. The lowest BCUT2D eigenvalue weighted by atomic mass is 10.5. The molecule has 12 heavy (non-hydrogen) atoms. The number of hydrogen-bond acceptors (Lipinski definition) is 3. The van der Waals surface area contributed by atoms with Crippen molar-refractivity contribution in [1.29, 1.82) is 0 Å². The van der Waals surface area contributed by atoms with E-state index in [0.29, 0.717) is 0 Å². The van der Waals surface area contributed by atoms with Crippen molar-refractivity contribution in [3.63, 3.8) is 0 Å². The summed E-state index contributed by atoms with van der Waals surface area (Å²) in [4.78, 5) is 24.1. The van der Waals surface area contributed by atoms with Crippen LogP contribution in [0.25, 0.3) is 0 Å². The van der Waals surface area contributed by atoms with Crippen LogP contribution in [0.3, 0.4) is 0 Å². The molecule has 0 radical (unpaired) electrons. The Morgan fingerprint density at radius 1 is 1.50 bits per heavy atom. The largest absolute Gasteiger partial charge is 0.393 e. The van der Waals surface area contributed by atoms with Crippen LogP contribution in [0, 0.1) is 0 Å². The summed E-state index contributed by atoms with van der Waals surface area (Å²) in [6.45, 7) is 0. The third-order valence-corrected chi connectivity index (χ3v) is 1.94. The summed E-state index contributed by atoms with van der Waals surface area (Å²) in [5.41, 5.74) is 4.58. The maximum Gasteiger partial charge on any atom is 0.328 e. The molecule has 0 atom stereocenters. The second kappa shape index (κ2) is 2.23.